The van der Waals surface area contributed by atoms with Crippen molar-refractivity contribution in [3.05, 3.63) is 0 Å². The molecule has 2 unspecified atom stereocenters. The molecule has 1 heteroatoms. The Morgan fingerprint density at radius 3 is 2.83 bits per heavy atom. The lowest BCUT2D eigenvalue weighted by Gasteiger charge is -2.36. The fourth-order valence-corrected chi connectivity index (χ4v) is 1.90. The zero-order chi connectivity index (χ0) is 8.97. The Kier molecular flexibility index (Phi) is 3.62. The van der Waals surface area contributed by atoms with Gasteiger partial charge in [-0.2, -0.15) is 0 Å². The molecular weight excluding hydrogens is 146 g/mol. The zero-order valence-electron chi connectivity index (χ0n) is 8.21. The number of terminal acetylenes is 1. The second kappa shape index (κ2) is 4.52. The maximum absolute atomic E-state index is 5.25. The largest absolute Gasteiger partial charge is 0.299 e. The van der Waals surface area contributed by atoms with Crippen LogP contribution in [0.5, 0.6) is 0 Å². The van der Waals surface area contributed by atoms with E-state index in [1.54, 1.807) is 0 Å². The summed E-state index contributed by atoms with van der Waals surface area (Å²) < 4.78 is 0. The van der Waals surface area contributed by atoms with E-state index in [0.717, 1.165) is 24.9 Å². The Bertz CT molecular complexity index is 168. The number of rotatable bonds is 2. The molecule has 0 aliphatic carbocycles. The fourth-order valence-electron chi connectivity index (χ4n) is 1.90. The van der Waals surface area contributed by atoms with E-state index in [1.165, 1.54) is 19.4 Å². The Balaban J connectivity index is 2.34. The van der Waals surface area contributed by atoms with Crippen LogP contribution in [0, 0.1) is 18.3 Å². The first-order chi connectivity index (χ1) is 5.74. The monoisotopic (exact) mass is 165 g/mol. The van der Waals surface area contributed by atoms with Gasteiger partial charge >= 0.3 is 0 Å². The van der Waals surface area contributed by atoms with Gasteiger partial charge in [-0.3, -0.25) is 4.90 Å². The molecule has 1 saturated heterocycles. The van der Waals surface area contributed by atoms with Crippen LogP contribution in [-0.4, -0.2) is 24.0 Å². The Labute approximate surface area is 76.1 Å². The molecule has 12 heavy (non-hydrogen) atoms. The molecule has 1 rings (SSSR count). The summed E-state index contributed by atoms with van der Waals surface area (Å²) in [4.78, 5) is 2.52. The Hall–Kier alpha value is -0.480. The first-order valence-corrected chi connectivity index (χ1v) is 4.91. The van der Waals surface area contributed by atoms with Crippen molar-refractivity contribution in [3.8, 4) is 12.3 Å². The van der Waals surface area contributed by atoms with E-state index in [0.29, 0.717) is 0 Å². The zero-order valence-corrected chi connectivity index (χ0v) is 8.21. The molecule has 0 spiro atoms. The van der Waals surface area contributed by atoms with Crippen LogP contribution in [0.4, 0.5) is 0 Å². The van der Waals surface area contributed by atoms with Gasteiger partial charge in [0.25, 0.3) is 0 Å². The molecule has 0 saturated carbocycles. The molecule has 2 atom stereocenters. The summed E-state index contributed by atoms with van der Waals surface area (Å²) in [6, 6.07) is 0.745. The third-order valence-electron chi connectivity index (χ3n) is 2.79. The highest BCUT2D eigenvalue weighted by Gasteiger charge is 2.21. The number of nitrogens with zero attached hydrogens (tertiary/aromatic N) is 1. The molecular formula is C11H19N. The van der Waals surface area contributed by atoms with Crippen LogP contribution < -0.4 is 0 Å². The van der Waals surface area contributed by atoms with Gasteiger partial charge in [0.2, 0.25) is 0 Å². The van der Waals surface area contributed by atoms with Crippen molar-refractivity contribution in [2.75, 3.05) is 13.1 Å². The summed E-state index contributed by atoms with van der Waals surface area (Å²) in [5.74, 6) is 3.57. The SMILES string of the molecule is C#CCCN1CC(C)CCC1C. The van der Waals surface area contributed by atoms with Crippen LogP contribution in [0.2, 0.25) is 0 Å². The highest BCUT2D eigenvalue weighted by Crippen LogP contribution is 2.20. The second-order valence-corrected chi connectivity index (χ2v) is 3.98. The Morgan fingerprint density at radius 1 is 1.42 bits per heavy atom. The molecule has 68 valence electrons. The highest BCUT2D eigenvalue weighted by atomic mass is 15.2. The predicted molar refractivity (Wildman–Crippen MR) is 52.9 cm³/mol. The number of hydrogen-bond acceptors (Lipinski definition) is 1. The smallest absolute Gasteiger partial charge is 0.0214 e. The van der Waals surface area contributed by atoms with Crippen molar-refractivity contribution in [2.24, 2.45) is 5.92 Å². The van der Waals surface area contributed by atoms with Gasteiger partial charge in [0.15, 0.2) is 0 Å². The van der Waals surface area contributed by atoms with E-state index in [9.17, 15) is 0 Å². The molecule has 0 N–H and O–H groups in total. The van der Waals surface area contributed by atoms with Gasteiger partial charge in [-0.25, -0.2) is 0 Å². The molecule has 0 bridgehead atoms. The average molecular weight is 165 g/mol. The fraction of sp³-hybridized carbons (Fsp3) is 0.818. The minimum absolute atomic E-state index is 0.745. The minimum atomic E-state index is 0.745. The van der Waals surface area contributed by atoms with Crippen molar-refractivity contribution in [1.29, 1.82) is 0 Å². The van der Waals surface area contributed by atoms with E-state index in [2.05, 4.69) is 24.7 Å². The normalized spacial score (nSPS) is 31.4. The third kappa shape index (κ3) is 2.53. The van der Waals surface area contributed by atoms with Gasteiger partial charge in [-0.15, -0.1) is 12.3 Å². The molecule has 1 nitrogen and oxygen atoms in total. The lowest BCUT2D eigenvalue weighted by Crippen LogP contribution is -2.41. The molecule has 1 aliphatic heterocycles. The van der Waals surface area contributed by atoms with Crippen LogP contribution in [0.3, 0.4) is 0 Å². The van der Waals surface area contributed by atoms with Crippen molar-refractivity contribution in [2.45, 2.75) is 39.2 Å². The van der Waals surface area contributed by atoms with Gasteiger partial charge in [0.05, 0.1) is 0 Å². The van der Waals surface area contributed by atoms with Gasteiger partial charge in [-0.05, 0) is 25.7 Å². The van der Waals surface area contributed by atoms with E-state index in [-0.39, 0.29) is 0 Å². The lowest BCUT2D eigenvalue weighted by molar-refractivity contribution is 0.128. The van der Waals surface area contributed by atoms with Gasteiger partial charge in [0, 0.05) is 25.6 Å². The first kappa shape index (κ1) is 9.61. The Morgan fingerprint density at radius 2 is 2.17 bits per heavy atom. The van der Waals surface area contributed by atoms with Crippen molar-refractivity contribution < 1.29 is 0 Å². The summed E-state index contributed by atoms with van der Waals surface area (Å²) in [5, 5.41) is 0. The van der Waals surface area contributed by atoms with E-state index in [4.69, 9.17) is 6.42 Å². The summed E-state index contributed by atoms with van der Waals surface area (Å²) in [6.07, 6.45) is 8.87. The number of hydrogen-bond donors (Lipinski definition) is 0. The lowest BCUT2D eigenvalue weighted by atomic mass is 9.95. The van der Waals surface area contributed by atoms with Gasteiger partial charge < -0.3 is 0 Å². The van der Waals surface area contributed by atoms with Gasteiger partial charge in [-0.1, -0.05) is 6.92 Å². The average Bonchev–Trinajstić information content (AvgIpc) is 2.07. The van der Waals surface area contributed by atoms with Gasteiger partial charge in [0.1, 0.15) is 0 Å². The number of likely N-dealkylation sites (tertiary alicyclic amines) is 1. The van der Waals surface area contributed by atoms with E-state index >= 15 is 0 Å². The first-order valence-electron chi connectivity index (χ1n) is 4.91. The maximum atomic E-state index is 5.25. The topological polar surface area (TPSA) is 3.24 Å². The quantitative estimate of drug-likeness (QED) is 0.567. The molecule has 0 amide bonds. The summed E-state index contributed by atoms with van der Waals surface area (Å²) in [5.41, 5.74) is 0. The molecule has 0 radical (unpaired) electrons. The van der Waals surface area contributed by atoms with Crippen LogP contribution in [0.1, 0.15) is 33.1 Å². The summed E-state index contributed by atoms with van der Waals surface area (Å²) >= 11 is 0. The van der Waals surface area contributed by atoms with Crippen molar-refractivity contribution >= 4 is 0 Å². The molecule has 1 fully saturated rings. The van der Waals surface area contributed by atoms with E-state index < -0.39 is 0 Å². The van der Waals surface area contributed by atoms with Crippen molar-refractivity contribution in [1.82, 2.24) is 4.90 Å². The molecule has 0 aromatic heterocycles. The maximum Gasteiger partial charge on any atom is 0.0214 e. The number of piperidine rings is 1. The van der Waals surface area contributed by atoms with Crippen LogP contribution in [-0.2, 0) is 0 Å². The second-order valence-electron chi connectivity index (χ2n) is 3.98. The van der Waals surface area contributed by atoms with Crippen LogP contribution >= 0.6 is 0 Å². The summed E-state index contributed by atoms with van der Waals surface area (Å²) in [7, 11) is 0. The van der Waals surface area contributed by atoms with Crippen molar-refractivity contribution in [3.63, 3.8) is 0 Å². The van der Waals surface area contributed by atoms with E-state index in [1.807, 2.05) is 0 Å². The third-order valence-corrected chi connectivity index (χ3v) is 2.79. The predicted octanol–water partition coefficient (Wildman–Crippen LogP) is 2.13. The molecule has 0 aromatic rings. The minimum Gasteiger partial charge on any atom is -0.299 e. The highest BCUT2D eigenvalue weighted by molar-refractivity contribution is 4.87. The van der Waals surface area contributed by atoms with Crippen LogP contribution in [0.25, 0.3) is 0 Å². The summed E-state index contributed by atoms with van der Waals surface area (Å²) in [6.45, 7) is 6.96. The standard InChI is InChI=1S/C11H19N/c1-4-5-8-12-9-10(2)6-7-11(12)3/h1,10-11H,5-9H2,2-3H3. The molecule has 1 aliphatic rings. The molecule has 1 heterocycles. The van der Waals surface area contributed by atoms with Crippen LogP contribution in [0.15, 0.2) is 0 Å². The molecule has 0 aromatic carbocycles.